The van der Waals surface area contributed by atoms with E-state index >= 15 is 0 Å². The molecule has 232 valence electrons. The van der Waals surface area contributed by atoms with E-state index in [9.17, 15) is 14.7 Å². The molecular formula is C36H35N7O3. The van der Waals surface area contributed by atoms with Crippen molar-refractivity contribution in [3.05, 3.63) is 131 Å². The maximum absolute atomic E-state index is 12.8. The van der Waals surface area contributed by atoms with Crippen LogP contribution < -0.4 is 16.0 Å². The zero-order chi connectivity index (χ0) is 31.8. The summed E-state index contributed by atoms with van der Waals surface area (Å²) in [5, 5.41) is 22.0. The van der Waals surface area contributed by atoms with E-state index in [-0.39, 0.29) is 23.6 Å². The van der Waals surface area contributed by atoms with Gasteiger partial charge < -0.3 is 35.2 Å². The van der Waals surface area contributed by atoms with E-state index in [0.29, 0.717) is 38.2 Å². The molecule has 10 nitrogen and oxygen atoms in total. The third kappa shape index (κ3) is 5.54. The van der Waals surface area contributed by atoms with Gasteiger partial charge in [0.05, 0.1) is 24.6 Å². The first-order valence-electron chi connectivity index (χ1n) is 15.3. The zero-order valence-electron chi connectivity index (χ0n) is 25.5. The SMILES string of the molecule is C=CC(=O)NCCc1cn(Cc2cn(C)cn2)c2cc(CNCc3[nH]c4ccccc4c3C3NC(=O)c4ccc(O)cc43)ccc12. The van der Waals surface area contributed by atoms with Gasteiger partial charge in [-0.25, -0.2) is 4.98 Å². The standard InChI is InChI=1S/C36H35N7O3/c1-3-33(45)38-13-12-23-18-43(20-24-19-42(2)21-39-24)32-14-22(8-10-26(23)32)16-37-17-31-34(28-6-4-5-7-30(28)40-31)35-29-15-25(44)9-11-27(29)36(46)41-35/h3-11,14-15,18-19,21,35,37,40,44H,1,12-13,16-17,20H2,2H3,(H,38,45)(H,41,46). The molecule has 1 aliphatic rings. The molecule has 6 aromatic rings. The van der Waals surface area contributed by atoms with Crippen LogP contribution in [0.1, 0.15) is 50.0 Å². The monoisotopic (exact) mass is 613 g/mol. The smallest absolute Gasteiger partial charge is 0.252 e. The molecule has 5 N–H and O–H groups in total. The number of para-hydroxylation sites is 1. The lowest BCUT2D eigenvalue weighted by atomic mass is 9.95. The second kappa shape index (κ2) is 12.1. The number of aromatic amines is 1. The number of amides is 2. The largest absolute Gasteiger partial charge is 0.508 e. The highest BCUT2D eigenvalue weighted by atomic mass is 16.3. The second-order valence-electron chi connectivity index (χ2n) is 11.8. The number of carbonyl (C=O) groups excluding carboxylic acids is 2. The highest BCUT2D eigenvalue weighted by Crippen LogP contribution is 2.38. The molecule has 1 aliphatic heterocycles. The average molecular weight is 614 g/mol. The number of phenolic OH excluding ortho intramolecular Hbond substituents is 1. The number of nitrogens with one attached hydrogen (secondary N) is 4. The van der Waals surface area contributed by atoms with Crippen LogP contribution in [0.3, 0.4) is 0 Å². The van der Waals surface area contributed by atoms with Crippen LogP contribution in [0.2, 0.25) is 0 Å². The Balaban J connectivity index is 1.15. The van der Waals surface area contributed by atoms with Gasteiger partial charge in [0.2, 0.25) is 5.91 Å². The van der Waals surface area contributed by atoms with Crippen LogP contribution in [-0.2, 0) is 37.9 Å². The molecule has 0 aliphatic carbocycles. The number of hydrogen-bond donors (Lipinski definition) is 5. The van der Waals surface area contributed by atoms with Gasteiger partial charge in [-0.1, -0.05) is 36.9 Å². The molecule has 4 heterocycles. The Morgan fingerprint density at radius 2 is 1.96 bits per heavy atom. The predicted molar refractivity (Wildman–Crippen MR) is 177 cm³/mol. The van der Waals surface area contributed by atoms with E-state index in [1.165, 1.54) is 6.08 Å². The molecule has 1 unspecified atom stereocenters. The Hall–Kier alpha value is -5.61. The highest BCUT2D eigenvalue weighted by Gasteiger charge is 2.33. The number of rotatable bonds is 11. The minimum absolute atomic E-state index is 0.132. The number of hydrogen-bond acceptors (Lipinski definition) is 5. The molecular weight excluding hydrogens is 578 g/mol. The van der Waals surface area contributed by atoms with Crippen molar-refractivity contribution >= 4 is 33.6 Å². The van der Waals surface area contributed by atoms with E-state index in [1.807, 2.05) is 36.0 Å². The number of carbonyl (C=O) groups is 2. The summed E-state index contributed by atoms with van der Waals surface area (Å²) in [5.41, 5.74) is 8.67. The first-order chi connectivity index (χ1) is 22.4. The Labute approximate surface area is 265 Å². The Morgan fingerprint density at radius 1 is 1.09 bits per heavy atom. The minimum atomic E-state index is -0.372. The van der Waals surface area contributed by atoms with E-state index in [0.717, 1.165) is 55.4 Å². The van der Waals surface area contributed by atoms with Crippen molar-refractivity contribution in [3.63, 3.8) is 0 Å². The summed E-state index contributed by atoms with van der Waals surface area (Å²) < 4.78 is 4.16. The lowest BCUT2D eigenvalue weighted by Crippen LogP contribution is -2.23. The van der Waals surface area contributed by atoms with Crippen molar-refractivity contribution in [2.75, 3.05) is 6.54 Å². The van der Waals surface area contributed by atoms with Crippen LogP contribution in [-0.4, -0.2) is 42.6 Å². The van der Waals surface area contributed by atoms with Crippen LogP contribution in [0.5, 0.6) is 5.75 Å². The number of fused-ring (bicyclic) bond motifs is 3. The molecule has 0 saturated carbocycles. The number of imidazole rings is 1. The van der Waals surface area contributed by atoms with Gasteiger partial charge in [0, 0.05) is 77.7 Å². The minimum Gasteiger partial charge on any atom is -0.508 e. The fourth-order valence-corrected chi connectivity index (χ4v) is 6.50. The summed E-state index contributed by atoms with van der Waals surface area (Å²) in [6.07, 6.45) is 7.96. The third-order valence-electron chi connectivity index (χ3n) is 8.61. The number of H-pyrrole nitrogens is 1. The summed E-state index contributed by atoms with van der Waals surface area (Å²) in [6, 6.07) is 19.1. The number of aryl methyl sites for hydroxylation is 1. The molecule has 7 rings (SSSR count). The van der Waals surface area contributed by atoms with Gasteiger partial charge in [-0.2, -0.15) is 0 Å². The molecule has 1 atom stereocenters. The molecule has 3 aromatic heterocycles. The van der Waals surface area contributed by atoms with Crippen LogP contribution in [0.25, 0.3) is 21.8 Å². The molecule has 0 radical (unpaired) electrons. The van der Waals surface area contributed by atoms with Crippen LogP contribution >= 0.6 is 0 Å². The number of aromatic hydroxyl groups is 1. The van der Waals surface area contributed by atoms with Crippen molar-refractivity contribution in [2.24, 2.45) is 7.05 Å². The molecule has 0 spiro atoms. The molecule has 0 fully saturated rings. The second-order valence-corrected chi connectivity index (χ2v) is 11.8. The molecule has 0 saturated heterocycles. The van der Waals surface area contributed by atoms with Crippen LogP contribution in [0.4, 0.5) is 0 Å². The van der Waals surface area contributed by atoms with Gasteiger partial charge in [0.1, 0.15) is 5.75 Å². The third-order valence-corrected chi connectivity index (χ3v) is 8.61. The zero-order valence-corrected chi connectivity index (χ0v) is 25.5. The molecule has 46 heavy (non-hydrogen) atoms. The quantitative estimate of drug-likeness (QED) is 0.137. The first-order valence-corrected chi connectivity index (χ1v) is 15.3. The molecule has 0 bridgehead atoms. The van der Waals surface area contributed by atoms with E-state index in [1.54, 1.807) is 24.5 Å². The number of phenols is 1. The first kappa shape index (κ1) is 29.1. The Morgan fingerprint density at radius 3 is 2.78 bits per heavy atom. The fourth-order valence-electron chi connectivity index (χ4n) is 6.50. The van der Waals surface area contributed by atoms with E-state index in [2.05, 4.69) is 67.5 Å². The van der Waals surface area contributed by atoms with E-state index < -0.39 is 0 Å². The van der Waals surface area contributed by atoms with Crippen molar-refractivity contribution in [1.29, 1.82) is 0 Å². The summed E-state index contributed by atoms with van der Waals surface area (Å²) in [4.78, 5) is 32.6. The molecule has 2 amide bonds. The van der Waals surface area contributed by atoms with Crippen LogP contribution in [0, 0.1) is 0 Å². The number of benzene rings is 3. The normalized spacial score (nSPS) is 14.1. The predicted octanol–water partition coefficient (Wildman–Crippen LogP) is 4.58. The van der Waals surface area contributed by atoms with Gasteiger partial charge in [-0.05, 0) is 59.5 Å². The van der Waals surface area contributed by atoms with Crippen molar-refractivity contribution in [1.82, 2.24) is 35.1 Å². The van der Waals surface area contributed by atoms with Crippen molar-refractivity contribution < 1.29 is 14.7 Å². The van der Waals surface area contributed by atoms with Crippen molar-refractivity contribution in [2.45, 2.75) is 32.1 Å². The topological polar surface area (TPSA) is 129 Å². The lowest BCUT2D eigenvalue weighted by molar-refractivity contribution is -0.116. The van der Waals surface area contributed by atoms with Gasteiger partial charge in [0.15, 0.2) is 0 Å². The lowest BCUT2D eigenvalue weighted by Gasteiger charge is -2.15. The number of nitrogens with zero attached hydrogens (tertiary/aromatic N) is 3. The van der Waals surface area contributed by atoms with Gasteiger partial charge in [0.25, 0.3) is 5.91 Å². The van der Waals surface area contributed by atoms with Gasteiger partial charge >= 0.3 is 0 Å². The molecule has 3 aromatic carbocycles. The molecule has 10 heteroatoms. The number of aromatic nitrogens is 4. The van der Waals surface area contributed by atoms with Crippen molar-refractivity contribution in [3.8, 4) is 5.75 Å². The average Bonchev–Trinajstić information content (AvgIpc) is 3.80. The Bertz CT molecular complexity index is 2120. The summed E-state index contributed by atoms with van der Waals surface area (Å²) in [6.45, 7) is 5.86. The summed E-state index contributed by atoms with van der Waals surface area (Å²) in [5.74, 6) is -0.192. The van der Waals surface area contributed by atoms with Gasteiger partial charge in [-0.15, -0.1) is 0 Å². The van der Waals surface area contributed by atoms with E-state index in [4.69, 9.17) is 0 Å². The van der Waals surface area contributed by atoms with Gasteiger partial charge in [-0.3, -0.25) is 9.59 Å². The summed E-state index contributed by atoms with van der Waals surface area (Å²) in [7, 11) is 1.96. The fraction of sp³-hybridized carbons (Fsp3) is 0.194. The Kier molecular flexibility index (Phi) is 7.63. The maximum atomic E-state index is 12.8. The highest BCUT2D eigenvalue weighted by molar-refractivity contribution is 6.01. The maximum Gasteiger partial charge on any atom is 0.252 e. The summed E-state index contributed by atoms with van der Waals surface area (Å²) >= 11 is 0. The van der Waals surface area contributed by atoms with Crippen LogP contribution in [0.15, 0.2) is 92.0 Å².